The van der Waals surface area contributed by atoms with Crippen LogP contribution in [0, 0.1) is 0 Å². The Balaban J connectivity index is 3.18. The highest BCUT2D eigenvalue weighted by Crippen LogP contribution is 2.11. The van der Waals surface area contributed by atoms with Crippen molar-refractivity contribution in [2.24, 2.45) is 0 Å². The van der Waals surface area contributed by atoms with Crippen molar-refractivity contribution in [1.29, 1.82) is 0 Å². The van der Waals surface area contributed by atoms with Crippen LogP contribution in [0.15, 0.2) is 0 Å². The fraction of sp³-hybridized carbons (Fsp3) is 0.882. The fourth-order valence-corrected chi connectivity index (χ4v) is 2.24. The highest BCUT2D eigenvalue weighted by molar-refractivity contribution is 5.81. The first-order valence-corrected chi connectivity index (χ1v) is 8.78. The molecule has 0 unspecified atom stereocenters. The average molecular weight is 298 g/mol. The van der Waals surface area contributed by atoms with Crippen LogP contribution in [0.3, 0.4) is 0 Å². The van der Waals surface area contributed by atoms with E-state index in [1.807, 2.05) is 0 Å². The van der Waals surface area contributed by atoms with Crippen LogP contribution < -0.4 is 10.9 Å². The van der Waals surface area contributed by atoms with Gasteiger partial charge >= 0.3 is 0 Å². The van der Waals surface area contributed by atoms with E-state index in [2.05, 4.69) is 17.8 Å². The molecule has 0 heterocycles. The van der Waals surface area contributed by atoms with E-state index in [0.717, 1.165) is 12.8 Å². The molecule has 2 N–H and O–H groups in total. The zero-order chi connectivity index (χ0) is 15.8. The van der Waals surface area contributed by atoms with Crippen LogP contribution >= 0.6 is 0 Å². The number of hydrogen-bond acceptors (Lipinski definition) is 2. The Kier molecular flexibility index (Phi) is 14.6. The molecule has 0 aromatic heterocycles. The summed E-state index contributed by atoms with van der Waals surface area (Å²) in [4.78, 5) is 22.3. The molecule has 4 heteroatoms. The second kappa shape index (κ2) is 15.3. The molecule has 0 bridgehead atoms. The van der Waals surface area contributed by atoms with Crippen LogP contribution in [0.2, 0.25) is 0 Å². The van der Waals surface area contributed by atoms with Crippen LogP contribution in [0.5, 0.6) is 0 Å². The molecule has 0 aliphatic heterocycles. The summed E-state index contributed by atoms with van der Waals surface area (Å²) in [5.41, 5.74) is 4.81. The molecule has 0 aromatic carbocycles. The molecule has 0 atom stereocenters. The lowest BCUT2D eigenvalue weighted by Crippen LogP contribution is -2.41. The highest BCUT2D eigenvalue weighted by atomic mass is 16.2. The molecule has 0 rings (SSSR count). The molecule has 0 aliphatic carbocycles. The van der Waals surface area contributed by atoms with Gasteiger partial charge in [0.25, 0.3) is 0 Å². The van der Waals surface area contributed by atoms with E-state index in [-0.39, 0.29) is 11.8 Å². The first-order valence-electron chi connectivity index (χ1n) is 8.78. The smallest absolute Gasteiger partial charge is 0.238 e. The van der Waals surface area contributed by atoms with E-state index >= 15 is 0 Å². The van der Waals surface area contributed by atoms with Crippen LogP contribution in [-0.4, -0.2) is 11.8 Å². The Morgan fingerprint density at radius 1 is 0.619 bits per heavy atom. The molecule has 0 saturated carbocycles. The maximum Gasteiger partial charge on any atom is 0.238 e. The molecule has 124 valence electrons. The van der Waals surface area contributed by atoms with Crippen molar-refractivity contribution >= 4 is 11.8 Å². The van der Waals surface area contributed by atoms with Gasteiger partial charge in [0, 0.05) is 12.8 Å². The summed E-state index contributed by atoms with van der Waals surface area (Å²) in [7, 11) is 0. The number of hydrazine groups is 1. The van der Waals surface area contributed by atoms with Gasteiger partial charge in [0.05, 0.1) is 0 Å². The van der Waals surface area contributed by atoms with Crippen molar-refractivity contribution in [2.45, 2.75) is 97.3 Å². The maximum absolute atomic E-state index is 11.4. The normalized spacial score (nSPS) is 10.4. The van der Waals surface area contributed by atoms with Crippen LogP contribution in [0.25, 0.3) is 0 Å². The van der Waals surface area contributed by atoms with Crippen molar-refractivity contribution < 1.29 is 9.59 Å². The average Bonchev–Trinajstić information content (AvgIpc) is 2.50. The highest BCUT2D eigenvalue weighted by Gasteiger charge is 2.02. The van der Waals surface area contributed by atoms with Crippen molar-refractivity contribution in [1.82, 2.24) is 10.9 Å². The topological polar surface area (TPSA) is 58.2 Å². The van der Waals surface area contributed by atoms with Gasteiger partial charge < -0.3 is 0 Å². The minimum atomic E-state index is -0.151. The Morgan fingerprint density at radius 2 is 1.05 bits per heavy atom. The van der Waals surface area contributed by atoms with Gasteiger partial charge in [0.15, 0.2) is 0 Å². The summed E-state index contributed by atoms with van der Waals surface area (Å²) in [6, 6.07) is 0. The Hall–Kier alpha value is -1.06. The minimum absolute atomic E-state index is 0.0901. The number of hydrogen-bond donors (Lipinski definition) is 2. The molecule has 0 saturated heterocycles. The SMILES string of the molecule is CCCCCCCCCCCCCC(=O)NNC(=O)CC. The van der Waals surface area contributed by atoms with E-state index in [1.54, 1.807) is 6.92 Å². The maximum atomic E-state index is 11.4. The lowest BCUT2D eigenvalue weighted by molar-refractivity contribution is -0.128. The summed E-state index contributed by atoms with van der Waals surface area (Å²) in [5.74, 6) is -0.241. The first kappa shape index (κ1) is 19.9. The van der Waals surface area contributed by atoms with E-state index in [9.17, 15) is 9.59 Å². The lowest BCUT2D eigenvalue weighted by Gasteiger charge is -2.06. The molecule has 0 radical (unpaired) electrons. The van der Waals surface area contributed by atoms with E-state index in [1.165, 1.54) is 57.8 Å². The fourth-order valence-electron chi connectivity index (χ4n) is 2.24. The zero-order valence-corrected chi connectivity index (χ0v) is 14.0. The van der Waals surface area contributed by atoms with Gasteiger partial charge in [0.1, 0.15) is 0 Å². The molecular formula is C17H34N2O2. The zero-order valence-electron chi connectivity index (χ0n) is 14.0. The monoisotopic (exact) mass is 298 g/mol. The standard InChI is InChI=1S/C17H34N2O2/c1-3-5-6-7-8-9-10-11-12-13-14-15-17(21)19-18-16(20)4-2/h3-15H2,1-2H3,(H,18,20)(H,19,21). The van der Waals surface area contributed by atoms with Gasteiger partial charge in [-0.2, -0.15) is 0 Å². The number of nitrogens with one attached hydrogen (secondary N) is 2. The summed E-state index contributed by atoms with van der Waals surface area (Å²) in [6.45, 7) is 4.00. The number of carbonyl (C=O) groups excluding carboxylic acids is 2. The second-order valence-electron chi connectivity index (χ2n) is 5.74. The van der Waals surface area contributed by atoms with Gasteiger partial charge in [-0.05, 0) is 6.42 Å². The molecular weight excluding hydrogens is 264 g/mol. The first-order chi connectivity index (χ1) is 10.2. The third-order valence-corrected chi connectivity index (χ3v) is 3.67. The van der Waals surface area contributed by atoms with E-state index < -0.39 is 0 Å². The van der Waals surface area contributed by atoms with Crippen molar-refractivity contribution in [3.05, 3.63) is 0 Å². The molecule has 0 spiro atoms. The summed E-state index contributed by atoms with van der Waals surface area (Å²) < 4.78 is 0. The van der Waals surface area contributed by atoms with Crippen LogP contribution in [0.4, 0.5) is 0 Å². The van der Waals surface area contributed by atoms with Gasteiger partial charge in [-0.1, -0.05) is 78.1 Å². The van der Waals surface area contributed by atoms with E-state index in [0.29, 0.717) is 12.8 Å². The second-order valence-corrected chi connectivity index (χ2v) is 5.74. The lowest BCUT2D eigenvalue weighted by atomic mass is 10.1. The third-order valence-electron chi connectivity index (χ3n) is 3.67. The molecule has 21 heavy (non-hydrogen) atoms. The third kappa shape index (κ3) is 15.2. The van der Waals surface area contributed by atoms with Gasteiger partial charge in [-0.3, -0.25) is 20.4 Å². The van der Waals surface area contributed by atoms with Crippen molar-refractivity contribution in [2.75, 3.05) is 0 Å². The van der Waals surface area contributed by atoms with Crippen molar-refractivity contribution in [3.63, 3.8) is 0 Å². The van der Waals surface area contributed by atoms with Crippen LogP contribution in [-0.2, 0) is 9.59 Å². The molecule has 0 aromatic rings. The number of rotatable bonds is 13. The molecule has 4 nitrogen and oxygen atoms in total. The van der Waals surface area contributed by atoms with Crippen molar-refractivity contribution in [3.8, 4) is 0 Å². The largest absolute Gasteiger partial charge is 0.273 e. The van der Waals surface area contributed by atoms with Gasteiger partial charge in [-0.15, -0.1) is 0 Å². The Bertz CT molecular complexity index is 268. The van der Waals surface area contributed by atoms with Gasteiger partial charge in [0.2, 0.25) is 11.8 Å². The summed E-state index contributed by atoms with van der Waals surface area (Å²) in [5, 5.41) is 0. The molecule has 0 fully saturated rings. The minimum Gasteiger partial charge on any atom is -0.273 e. The van der Waals surface area contributed by atoms with Crippen LogP contribution in [0.1, 0.15) is 97.3 Å². The molecule has 2 amide bonds. The predicted octanol–water partition coefficient (Wildman–Crippen LogP) is 4.24. The van der Waals surface area contributed by atoms with Gasteiger partial charge in [-0.25, -0.2) is 0 Å². The Morgan fingerprint density at radius 3 is 1.52 bits per heavy atom. The number of carbonyl (C=O) groups is 2. The predicted molar refractivity (Wildman–Crippen MR) is 87.7 cm³/mol. The molecule has 0 aliphatic rings. The summed E-state index contributed by atoms with van der Waals surface area (Å²) in [6.07, 6.45) is 14.9. The number of unbranched alkanes of at least 4 members (excludes halogenated alkanes) is 10. The number of amides is 2. The summed E-state index contributed by atoms with van der Waals surface area (Å²) >= 11 is 0. The Labute approximate surface area is 130 Å². The quantitative estimate of drug-likeness (QED) is 0.394. The van der Waals surface area contributed by atoms with E-state index in [4.69, 9.17) is 0 Å².